The third kappa shape index (κ3) is 4.07. The third-order valence-corrected chi connectivity index (χ3v) is 4.06. The van der Waals surface area contributed by atoms with E-state index in [9.17, 15) is 4.79 Å². The van der Waals surface area contributed by atoms with Gasteiger partial charge in [-0.1, -0.05) is 42.5 Å². The summed E-state index contributed by atoms with van der Waals surface area (Å²) in [6.45, 7) is 0. The minimum absolute atomic E-state index is 0.226. The lowest BCUT2D eigenvalue weighted by Gasteiger charge is -2.27. The van der Waals surface area contributed by atoms with Crippen molar-refractivity contribution in [2.45, 2.75) is 25.3 Å². The molecule has 0 spiro atoms. The zero-order valence-electron chi connectivity index (χ0n) is 12.6. The van der Waals surface area contributed by atoms with Crippen molar-refractivity contribution in [3.05, 3.63) is 54.6 Å². The summed E-state index contributed by atoms with van der Waals surface area (Å²) >= 11 is 5.16. The molecule has 2 aromatic rings. The van der Waals surface area contributed by atoms with Crippen LogP contribution in [0.15, 0.2) is 54.6 Å². The largest absolute Gasteiger partial charge is 0.455 e. The van der Waals surface area contributed by atoms with Gasteiger partial charge >= 0.3 is 0 Å². The summed E-state index contributed by atoms with van der Waals surface area (Å²) in [5, 5.41) is 5.90. The molecule has 0 atom stereocenters. The topological polar surface area (TPSA) is 50.4 Å². The monoisotopic (exact) mass is 326 g/mol. The number of thiocarbonyl (C=S) groups is 1. The fourth-order valence-electron chi connectivity index (χ4n) is 2.26. The van der Waals surface area contributed by atoms with E-state index in [1.54, 1.807) is 6.07 Å². The van der Waals surface area contributed by atoms with Crippen LogP contribution < -0.4 is 15.4 Å². The predicted molar refractivity (Wildman–Crippen MR) is 95.0 cm³/mol. The zero-order valence-corrected chi connectivity index (χ0v) is 13.4. The van der Waals surface area contributed by atoms with E-state index in [2.05, 4.69) is 10.6 Å². The lowest BCUT2D eigenvalue weighted by molar-refractivity contribution is -0.110. The fraction of sp³-hybridized carbons (Fsp3) is 0.222. The van der Waals surface area contributed by atoms with Crippen LogP contribution in [-0.2, 0) is 4.79 Å². The van der Waals surface area contributed by atoms with Crippen LogP contribution in [0.4, 0.5) is 5.69 Å². The van der Waals surface area contributed by atoms with Crippen LogP contribution in [0.3, 0.4) is 0 Å². The summed E-state index contributed by atoms with van der Waals surface area (Å²) in [5.41, 5.74) is 0.596. The fourth-order valence-corrected chi connectivity index (χ4v) is 2.47. The standard InChI is InChI=1S/C18H18N2O2S/c21-17(18(23)19-13-7-6-8-13)20-15-11-4-5-12-16(15)22-14-9-2-1-3-10-14/h1-5,9-13H,6-8H2,(H,19,23)(H,20,21). The van der Waals surface area contributed by atoms with E-state index in [0.29, 0.717) is 23.2 Å². The van der Waals surface area contributed by atoms with Gasteiger partial charge in [0.25, 0.3) is 5.91 Å². The molecule has 1 aliphatic rings. The van der Waals surface area contributed by atoms with E-state index in [1.165, 1.54) is 6.42 Å². The van der Waals surface area contributed by atoms with Crippen LogP contribution in [-0.4, -0.2) is 16.9 Å². The average molecular weight is 326 g/mol. The van der Waals surface area contributed by atoms with Crippen molar-refractivity contribution in [3.63, 3.8) is 0 Å². The zero-order chi connectivity index (χ0) is 16.1. The van der Waals surface area contributed by atoms with Crippen LogP contribution in [0.2, 0.25) is 0 Å². The molecule has 4 nitrogen and oxygen atoms in total. The molecule has 0 bridgehead atoms. The van der Waals surface area contributed by atoms with E-state index in [-0.39, 0.29) is 10.9 Å². The molecule has 0 saturated heterocycles. The normalized spacial score (nSPS) is 13.7. The van der Waals surface area contributed by atoms with E-state index in [4.69, 9.17) is 17.0 Å². The number of carbonyl (C=O) groups is 1. The molecule has 3 rings (SSSR count). The number of ether oxygens (including phenoxy) is 1. The van der Waals surface area contributed by atoms with Crippen LogP contribution >= 0.6 is 12.2 Å². The van der Waals surface area contributed by atoms with E-state index in [1.807, 2.05) is 48.5 Å². The van der Waals surface area contributed by atoms with Gasteiger partial charge in [0.2, 0.25) is 0 Å². The maximum absolute atomic E-state index is 12.2. The van der Waals surface area contributed by atoms with Crippen LogP contribution in [0.5, 0.6) is 11.5 Å². The number of amides is 1. The molecule has 1 fully saturated rings. The first-order chi connectivity index (χ1) is 11.2. The lowest BCUT2D eigenvalue weighted by atomic mass is 9.93. The molecular formula is C18H18N2O2S. The number of hydrogen-bond acceptors (Lipinski definition) is 3. The maximum atomic E-state index is 12.2. The molecule has 2 aromatic carbocycles. The highest BCUT2D eigenvalue weighted by molar-refractivity contribution is 7.82. The molecule has 23 heavy (non-hydrogen) atoms. The summed E-state index contributed by atoms with van der Waals surface area (Å²) < 4.78 is 5.83. The van der Waals surface area contributed by atoms with Gasteiger partial charge in [0.15, 0.2) is 10.7 Å². The van der Waals surface area contributed by atoms with Gasteiger partial charge in [0, 0.05) is 6.04 Å². The molecule has 0 aliphatic heterocycles. The van der Waals surface area contributed by atoms with E-state index in [0.717, 1.165) is 12.8 Å². The Morgan fingerprint density at radius 2 is 1.74 bits per heavy atom. The Hall–Kier alpha value is -2.40. The molecule has 1 saturated carbocycles. The Kier molecular flexibility index (Phi) is 4.88. The van der Waals surface area contributed by atoms with Gasteiger partial charge in [-0.25, -0.2) is 0 Å². The molecule has 0 radical (unpaired) electrons. The lowest BCUT2D eigenvalue weighted by Crippen LogP contribution is -2.43. The second-order valence-corrected chi connectivity index (χ2v) is 5.87. The summed E-state index contributed by atoms with van der Waals surface area (Å²) in [6.07, 6.45) is 3.33. The Morgan fingerprint density at radius 3 is 2.43 bits per heavy atom. The van der Waals surface area contributed by atoms with Crippen molar-refractivity contribution < 1.29 is 9.53 Å². The molecular weight excluding hydrogens is 308 g/mol. The van der Waals surface area contributed by atoms with E-state index >= 15 is 0 Å². The maximum Gasteiger partial charge on any atom is 0.283 e. The number of anilines is 1. The summed E-state index contributed by atoms with van der Waals surface area (Å²) in [5.74, 6) is 0.985. The first-order valence-corrected chi connectivity index (χ1v) is 8.07. The first kappa shape index (κ1) is 15.5. The minimum atomic E-state index is -0.309. The van der Waals surface area contributed by atoms with Gasteiger partial charge < -0.3 is 15.4 Å². The van der Waals surface area contributed by atoms with Gasteiger partial charge in [-0.2, -0.15) is 0 Å². The third-order valence-electron chi connectivity index (χ3n) is 3.75. The highest BCUT2D eigenvalue weighted by Gasteiger charge is 2.21. The molecule has 2 N–H and O–H groups in total. The molecule has 118 valence electrons. The van der Waals surface area contributed by atoms with Crippen molar-refractivity contribution in [2.24, 2.45) is 0 Å². The number of hydrogen-bond donors (Lipinski definition) is 2. The molecule has 1 aliphatic carbocycles. The first-order valence-electron chi connectivity index (χ1n) is 7.66. The van der Waals surface area contributed by atoms with Crippen molar-refractivity contribution in [3.8, 4) is 11.5 Å². The number of para-hydroxylation sites is 3. The Balaban J connectivity index is 1.67. The molecule has 0 heterocycles. The second kappa shape index (κ2) is 7.24. The quantitative estimate of drug-likeness (QED) is 0.837. The smallest absolute Gasteiger partial charge is 0.283 e. The van der Waals surface area contributed by atoms with Gasteiger partial charge in [0.1, 0.15) is 5.75 Å². The van der Waals surface area contributed by atoms with E-state index < -0.39 is 0 Å². The summed E-state index contributed by atoms with van der Waals surface area (Å²) in [6, 6.07) is 17.1. The van der Waals surface area contributed by atoms with Gasteiger partial charge in [-0.3, -0.25) is 4.79 Å². The van der Waals surface area contributed by atoms with Crippen molar-refractivity contribution >= 4 is 28.8 Å². The highest BCUT2D eigenvalue weighted by atomic mass is 32.1. The number of nitrogens with one attached hydrogen (secondary N) is 2. The predicted octanol–water partition coefficient (Wildman–Crippen LogP) is 3.89. The average Bonchev–Trinajstić information content (AvgIpc) is 2.53. The van der Waals surface area contributed by atoms with Gasteiger partial charge in [-0.05, 0) is 43.5 Å². The SMILES string of the molecule is O=C(Nc1ccccc1Oc1ccccc1)C(=S)NC1CCC1. The molecule has 0 unspecified atom stereocenters. The molecule has 0 aromatic heterocycles. The van der Waals surface area contributed by atoms with Crippen LogP contribution in [0, 0.1) is 0 Å². The number of benzene rings is 2. The van der Waals surface area contributed by atoms with Gasteiger partial charge in [0.05, 0.1) is 5.69 Å². The van der Waals surface area contributed by atoms with Crippen LogP contribution in [0.25, 0.3) is 0 Å². The molecule has 1 amide bonds. The minimum Gasteiger partial charge on any atom is -0.455 e. The van der Waals surface area contributed by atoms with Crippen molar-refractivity contribution in [1.82, 2.24) is 5.32 Å². The Labute approximate surface area is 140 Å². The molecule has 5 heteroatoms. The number of rotatable bonds is 4. The van der Waals surface area contributed by atoms with Gasteiger partial charge in [-0.15, -0.1) is 0 Å². The summed E-state index contributed by atoms with van der Waals surface area (Å²) in [4.78, 5) is 12.4. The highest BCUT2D eigenvalue weighted by Crippen LogP contribution is 2.29. The number of carbonyl (C=O) groups excluding carboxylic acids is 1. The van der Waals surface area contributed by atoms with Crippen molar-refractivity contribution in [1.29, 1.82) is 0 Å². The Morgan fingerprint density at radius 1 is 1.04 bits per heavy atom. The Bertz CT molecular complexity index is 699. The second-order valence-electron chi connectivity index (χ2n) is 5.47. The summed E-state index contributed by atoms with van der Waals surface area (Å²) in [7, 11) is 0. The van der Waals surface area contributed by atoms with Crippen molar-refractivity contribution in [2.75, 3.05) is 5.32 Å². The van der Waals surface area contributed by atoms with Crippen LogP contribution in [0.1, 0.15) is 19.3 Å².